The number of carbonyl (C=O) groups excluding carboxylic acids is 3. The molecule has 2 saturated heterocycles. The number of sulfonamides is 1. The topological polar surface area (TPSA) is 116 Å². The molecule has 2 aliphatic heterocycles. The molecule has 184 valence electrons. The second kappa shape index (κ2) is 9.09. The highest BCUT2D eigenvalue weighted by Gasteiger charge is 2.55. The van der Waals surface area contributed by atoms with Crippen molar-refractivity contribution >= 4 is 33.6 Å². The van der Waals surface area contributed by atoms with E-state index in [9.17, 15) is 22.8 Å². The van der Waals surface area contributed by atoms with Gasteiger partial charge in [-0.3, -0.25) is 14.5 Å². The van der Waals surface area contributed by atoms with Crippen LogP contribution in [0.15, 0.2) is 53.4 Å². The van der Waals surface area contributed by atoms with Gasteiger partial charge in [0.05, 0.1) is 4.90 Å². The van der Waals surface area contributed by atoms with Gasteiger partial charge in [0.15, 0.2) is 0 Å². The van der Waals surface area contributed by atoms with E-state index in [1.54, 1.807) is 0 Å². The van der Waals surface area contributed by atoms with Crippen LogP contribution in [0.3, 0.4) is 0 Å². The van der Waals surface area contributed by atoms with Crippen molar-refractivity contribution in [1.82, 2.24) is 14.5 Å². The summed E-state index contributed by atoms with van der Waals surface area (Å²) in [4.78, 5) is 39.6. The zero-order chi connectivity index (χ0) is 24.6. The standard InChI is InChI=1S/C25H28N4O5S/c30-22(17-29-23(31)25(27-24(29)32)14-13-18-7-3-4-8-21(18)25)26-19-9-11-20(12-10-19)35(33,34)28-15-5-1-2-6-16-28/h3-4,7-12H,1-2,5-6,13-17H2,(H,26,30)(H,27,32)/t25-/m1/s1. The van der Waals surface area contributed by atoms with Gasteiger partial charge in [-0.1, -0.05) is 37.1 Å². The summed E-state index contributed by atoms with van der Waals surface area (Å²) in [6.45, 7) is 0.597. The molecule has 5 rings (SSSR count). The summed E-state index contributed by atoms with van der Waals surface area (Å²) in [6.07, 6.45) is 4.90. The molecule has 10 heteroatoms. The molecule has 2 heterocycles. The van der Waals surface area contributed by atoms with Gasteiger partial charge in [0.25, 0.3) is 5.91 Å². The van der Waals surface area contributed by atoms with Crippen molar-refractivity contribution in [3.63, 3.8) is 0 Å². The zero-order valence-corrected chi connectivity index (χ0v) is 20.1. The number of urea groups is 1. The fraction of sp³-hybridized carbons (Fsp3) is 0.400. The maximum absolute atomic E-state index is 13.2. The van der Waals surface area contributed by atoms with E-state index in [1.807, 2.05) is 24.3 Å². The van der Waals surface area contributed by atoms with Crippen molar-refractivity contribution in [3.8, 4) is 0 Å². The number of hydrogen-bond donors (Lipinski definition) is 2. The minimum absolute atomic E-state index is 0.174. The number of benzene rings is 2. The Kier molecular flexibility index (Phi) is 6.10. The van der Waals surface area contributed by atoms with E-state index in [-0.39, 0.29) is 4.90 Å². The first-order valence-corrected chi connectivity index (χ1v) is 13.4. The molecule has 4 amide bonds. The first-order chi connectivity index (χ1) is 16.8. The molecule has 2 aromatic rings. The summed E-state index contributed by atoms with van der Waals surface area (Å²) in [6, 6.07) is 12.9. The van der Waals surface area contributed by atoms with E-state index in [2.05, 4.69) is 10.6 Å². The second-order valence-corrected chi connectivity index (χ2v) is 11.2. The maximum Gasteiger partial charge on any atom is 0.325 e. The van der Waals surface area contributed by atoms with Crippen molar-refractivity contribution in [2.45, 2.75) is 49.0 Å². The fourth-order valence-electron chi connectivity index (χ4n) is 5.22. The van der Waals surface area contributed by atoms with Crippen molar-refractivity contribution < 1.29 is 22.8 Å². The van der Waals surface area contributed by atoms with Crippen molar-refractivity contribution in [1.29, 1.82) is 0 Å². The number of amides is 4. The number of nitrogens with zero attached hydrogens (tertiary/aromatic N) is 2. The highest BCUT2D eigenvalue weighted by atomic mass is 32.2. The number of anilines is 1. The Balaban J connectivity index is 1.25. The van der Waals surface area contributed by atoms with E-state index in [4.69, 9.17) is 0 Å². The molecule has 0 bridgehead atoms. The molecule has 0 radical (unpaired) electrons. The van der Waals surface area contributed by atoms with Crippen molar-refractivity contribution in [2.24, 2.45) is 0 Å². The van der Waals surface area contributed by atoms with Crippen LogP contribution in [-0.4, -0.2) is 55.1 Å². The Morgan fingerprint density at radius 3 is 2.37 bits per heavy atom. The van der Waals surface area contributed by atoms with Crippen LogP contribution in [0, 0.1) is 0 Å². The minimum Gasteiger partial charge on any atom is -0.325 e. The monoisotopic (exact) mass is 496 g/mol. The minimum atomic E-state index is -3.59. The van der Waals surface area contributed by atoms with Gasteiger partial charge in [-0.25, -0.2) is 13.2 Å². The van der Waals surface area contributed by atoms with E-state index in [0.29, 0.717) is 31.6 Å². The molecule has 35 heavy (non-hydrogen) atoms. The predicted molar refractivity (Wildman–Crippen MR) is 129 cm³/mol. The lowest BCUT2D eigenvalue weighted by Crippen LogP contribution is -2.43. The number of rotatable bonds is 5. The van der Waals surface area contributed by atoms with Crippen LogP contribution in [0.25, 0.3) is 0 Å². The summed E-state index contributed by atoms with van der Waals surface area (Å²) in [7, 11) is -3.59. The van der Waals surface area contributed by atoms with E-state index >= 15 is 0 Å². The third-order valence-corrected chi connectivity index (χ3v) is 8.98. The Morgan fingerprint density at radius 1 is 0.971 bits per heavy atom. The number of imide groups is 1. The third-order valence-electron chi connectivity index (χ3n) is 7.06. The molecular weight excluding hydrogens is 468 g/mol. The average molecular weight is 497 g/mol. The molecule has 3 aliphatic rings. The number of fused-ring (bicyclic) bond motifs is 2. The van der Waals surface area contributed by atoms with E-state index in [0.717, 1.165) is 41.7 Å². The number of carbonyl (C=O) groups is 3. The van der Waals surface area contributed by atoms with Crippen LogP contribution in [0.4, 0.5) is 10.5 Å². The van der Waals surface area contributed by atoms with Crippen LogP contribution >= 0.6 is 0 Å². The first-order valence-electron chi connectivity index (χ1n) is 11.9. The summed E-state index contributed by atoms with van der Waals surface area (Å²) >= 11 is 0. The first kappa shape index (κ1) is 23.5. The van der Waals surface area contributed by atoms with Crippen LogP contribution < -0.4 is 10.6 Å². The summed E-state index contributed by atoms with van der Waals surface area (Å²) in [5.41, 5.74) is 1.07. The summed E-state index contributed by atoms with van der Waals surface area (Å²) < 4.78 is 27.4. The van der Waals surface area contributed by atoms with E-state index in [1.165, 1.54) is 28.6 Å². The second-order valence-electron chi connectivity index (χ2n) is 9.27. The molecule has 2 aromatic carbocycles. The van der Waals surface area contributed by atoms with Gasteiger partial charge >= 0.3 is 6.03 Å². The van der Waals surface area contributed by atoms with Crippen LogP contribution in [-0.2, 0) is 31.6 Å². The molecule has 0 saturated carbocycles. The Labute approximate surface area is 204 Å². The molecule has 1 spiro atoms. The SMILES string of the molecule is O=C(CN1C(=O)N[C@@]2(CCc3ccccc32)C1=O)Nc1ccc(S(=O)(=O)N2CCCCCC2)cc1. The smallest absolute Gasteiger partial charge is 0.325 e. The molecule has 0 unspecified atom stereocenters. The maximum atomic E-state index is 13.2. The Hall–Kier alpha value is -3.24. The molecule has 1 atom stereocenters. The predicted octanol–water partition coefficient (Wildman–Crippen LogP) is 2.58. The third kappa shape index (κ3) is 4.21. The Bertz CT molecular complexity index is 1270. The molecular formula is C25H28N4O5S. The van der Waals surface area contributed by atoms with Gasteiger partial charge in [-0.05, 0) is 61.1 Å². The number of aryl methyl sites for hydroxylation is 1. The van der Waals surface area contributed by atoms with Crippen molar-refractivity contribution in [3.05, 3.63) is 59.7 Å². The lowest BCUT2D eigenvalue weighted by Gasteiger charge is -2.22. The van der Waals surface area contributed by atoms with E-state index < -0.39 is 40.0 Å². The fourth-order valence-corrected chi connectivity index (χ4v) is 6.74. The van der Waals surface area contributed by atoms with Crippen LogP contribution in [0.2, 0.25) is 0 Å². The molecule has 2 N–H and O–H groups in total. The van der Waals surface area contributed by atoms with Gasteiger partial charge in [0.2, 0.25) is 15.9 Å². The zero-order valence-electron chi connectivity index (χ0n) is 19.3. The number of nitrogens with one attached hydrogen (secondary N) is 2. The normalized spacial score (nSPS) is 22.7. The van der Waals surface area contributed by atoms with Crippen LogP contribution in [0.5, 0.6) is 0 Å². The molecule has 0 aromatic heterocycles. The van der Waals surface area contributed by atoms with Crippen LogP contribution in [0.1, 0.15) is 43.2 Å². The quantitative estimate of drug-likeness (QED) is 0.618. The van der Waals surface area contributed by atoms with Gasteiger partial charge in [0.1, 0.15) is 12.1 Å². The highest BCUT2D eigenvalue weighted by Crippen LogP contribution is 2.41. The largest absolute Gasteiger partial charge is 0.325 e. The molecule has 1 aliphatic carbocycles. The lowest BCUT2D eigenvalue weighted by atomic mass is 9.92. The molecule has 2 fully saturated rings. The summed E-state index contributed by atoms with van der Waals surface area (Å²) in [5.74, 6) is -0.971. The average Bonchev–Trinajstić information content (AvgIpc) is 3.16. The molecule has 9 nitrogen and oxygen atoms in total. The van der Waals surface area contributed by atoms with Gasteiger partial charge in [0, 0.05) is 18.8 Å². The van der Waals surface area contributed by atoms with Gasteiger partial charge in [-0.15, -0.1) is 0 Å². The number of hydrogen-bond acceptors (Lipinski definition) is 5. The van der Waals surface area contributed by atoms with Gasteiger partial charge < -0.3 is 10.6 Å². The van der Waals surface area contributed by atoms with Crippen molar-refractivity contribution in [2.75, 3.05) is 25.0 Å². The highest BCUT2D eigenvalue weighted by molar-refractivity contribution is 7.89. The summed E-state index contributed by atoms with van der Waals surface area (Å²) in [5, 5.41) is 5.46. The Morgan fingerprint density at radius 2 is 1.66 bits per heavy atom. The lowest BCUT2D eigenvalue weighted by molar-refractivity contribution is -0.134. The van der Waals surface area contributed by atoms with Gasteiger partial charge in [-0.2, -0.15) is 4.31 Å².